The van der Waals surface area contributed by atoms with Crippen molar-refractivity contribution in [3.8, 4) is 0 Å². The number of thioether (sulfide) groups is 1. The summed E-state index contributed by atoms with van der Waals surface area (Å²) >= 11 is 1.66. The number of fused-ring (bicyclic) bond motifs is 1. The summed E-state index contributed by atoms with van der Waals surface area (Å²) in [7, 11) is 0. The number of rotatable bonds is 6. The Morgan fingerprint density at radius 3 is 2.52 bits per heavy atom. The van der Waals surface area contributed by atoms with Gasteiger partial charge in [-0.3, -0.25) is 9.59 Å². The fourth-order valence-corrected chi connectivity index (χ4v) is 5.22. The third-order valence-corrected chi connectivity index (χ3v) is 6.86. The smallest absolute Gasteiger partial charge is 0.237 e. The minimum atomic E-state index is -0.134. The van der Waals surface area contributed by atoms with Crippen LogP contribution in [0.1, 0.15) is 36.6 Å². The number of benzene rings is 3. The van der Waals surface area contributed by atoms with Gasteiger partial charge in [0.2, 0.25) is 11.8 Å². The number of amides is 2. The quantitative estimate of drug-likeness (QED) is 0.566. The molecule has 1 N–H and O–H groups in total. The minimum absolute atomic E-state index is 0.109. The number of carbonyl (C=O) groups excluding carboxylic acids is 2. The second kappa shape index (κ2) is 9.40. The van der Waals surface area contributed by atoms with Crippen LogP contribution in [0.2, 0.25) is 0 Å². The largest absolute Gasteiger partial charge is 0.331 e. The number of anilines is 1. The van der Waals surface area contributed by atoms with E-state index in [0.29, 0.717) is 6.54 Å². The molecule has 4 nitrogen and oxygen atoms in total. The summed E-state index contributed by atoms with van der Waals surface area (Å²) in [4.78, 5) is 28.4. The standard InChI is InChI=1S/C26H26N2O2S/c1-18(21-12-8-13-23(15-21)27-19(2)29)28(17-20-9-4-3-5-10-20)26(30)25-16-22-11-6-7-14-24(22)31-25/h3-15,18,25H,16-17H2,1-2H3,(H,27,29)/t18-,25+/m1/s1. The van der Waals surface area contributed by atoms with Crippen LogP contribution in [-0.4, -0.2) is 22.0 Å². The van der Waals surface area contributed by atoms with Crippen molar-refractivity contribution >= 4 is 29.3 Å². The molecule has 158 valence electrons. The summed E-state index contributed by atoms with van der Waals surface area (Å²) in [5.41, 5.74) is 4.08. The van der Waals surface area contributed by atoms with Crippen molar-refractivity contribution in [3.05, 3.63) is 95.6 Å². The van der Waals surface area contributed by atoms with E-state index >= 15 is 0 Å². The fraction of sp³-hybridized carbons (Fsp3) is 0.231. The zero-order valence-corrected chi connectivity index (χ0v) is 18.6. The molecule has 2 atom stereocenters. The zero-order valence-electron chi connectivity index (χ0n) is 17.7. The average Bonchev–Trinajstić information content (AvgIpc) is 3.21. The van der Waals surface area contributed by atoms with Gasteiger partial charge in [-0.15, -0.1) is 11.8 Å². The summed E-state index contributed by atoms with van der Waals surface area (Å²) in [6.45, 7) is 4.09. The van der Waals surface area contributed by atoms with Crippen molar-refractivity contribution in [2.24, 2.45) is 0 Å². The first-order valence-corrected chi connectivity index (χ1v) is 11.4. The Labute approximate surface area is 187 Å². The van der Waals surface area contributed by atoms with Gasteiger partial charge in [-0.2, -0.15) is 0 Å². The normalized spacial score (nSPS) is 15.7. The molecular formula is C26H26N2O2S. The molecule has 0 unspecified atom stereocenters. The number of nitrogens with one attached hydrogen (secondary N) is 1. The molecule has 0 spiro atoms. The van der Waals surface area contributed by atoms with Crippen LogP contribution in [0.15, 0.2) is 83.8 Å². The number of carbonyl (C=O) groups is 2. The maximum absolute atomic E-state index is 13.7. The van der Waals surface area contributed by atoms with Crippen LogP contribution >= 0.6 is 11.8 Å². The monoisotopic (exact) mass is 430 g/mol. The van der Waals surface area contributed by atoms with Crippen LogP contribution in [0, 0.1) is 0 Å². The van der Waals surface area contributed by atoms with Crippen LogP contribution in [0.5, 0.6) is 0 Å². The summed E-state index contributed by atoms with van der Waals surface area (Å²) in [5, 5.41) is 2.72. The van der Waals surface area contributed by atoms with Gasteiger partial charge in [-0.25, -0.2) is 0 Å². The summed E-state index contributed by atoms with van der Waals surface area (Å²) < 4.78 is 0. The Bertz CT molecular complexity index is 1060. The van der Waals surface area contributed by atoms with Gasteiger partial charge >= 0.3 is 0 Å². The highest BCUT2D eigenvalue weighted by molar-refractivity contribution is 8.01. The molecular weight excluding hydrogens is 404 g/mol. The lowest BCUT2D eigenvalue weighted by Crippen LogP contribution is -2.39. The Morgan fingerprint density at radius 2 is 1.77 bits per heavy atom. The van der Waals surface area contributed by atoms with Gasteiger partial charge in [-0.1, -0.05) is 60.7 Å². The molecule has 5 heteroatoms. The SMILES string of the molecule is CC(=O)Nc1cccc([C@@H](C)N(Cc2ccccc2)C(=O)[C@@H]2Cc3ccccc3S2)c1. The second-order valence-corrected chi connectivity index (χ2v) is 9.10. The molecule has 4 rings (SSSR count). The molecule has 0 saturated carbocycles. The molecule has 0 fully saturated rings. The molecule has 0 bridgehead atoms. The molecule has 3 aromatic carbocycles. The molecule has 31 heavy (non-hydrogen) atoms. The molecule has 1 heterocycles. The molecule has 0 aromatic heterocycles. The highest BCUT2D eigenvalue weighted by Crippen LogP contribution is 2.39. The van der Waals surface area contributed by atoms with Crippen molar-refractivity contribution in [1.82, 2.24) is 4.90 Å². The van der Waals surface area contributed by atoms with Crippen molar-refractivity contribution in [2.45, 2.75) is 43.0 Å². The van der Waals surface area contributed by atoms with Crippen molar-refractivity contribution in [3.63, 3.8) is 0 Å². The van der Waals surface area contributed by atoms with E-state index < -0.39 is 0 Å². The van der Waals surface area contributed by atoms with Crippen molar-refractivity contribution < 1.29 is 9.59 Å². The van der Waals surface area contributed by atoms with E-state index in [-0.39, 0.29) is 23.1 Å². The van der Waals surface area contributed by atoms with E-state index in [0.717, 1.165) is 23.2 Å². The van der Waals surface area contributed by atoms with Gasteiger partial charge in [-0.05, 0) is 48.2 Å². The van der Waals surface area contributed by atoms with Gasteiger partial charge < -0.3 is 10.2 Å². The van der Waals surface area contributed by atoms with Gasteiger partial charge in [0.1, 0.15) is 0 Å². The first-order valence-electron chi connectivity index (χ1n) is 10.5. The molecule has 3 aromatic rings. The molecule has 0 aliphatic carbocycles. The van der Waals surface area contributed by atoms with Crippen LogP contribution in [0.4, 0.5) is 5.69 Å². The van der Waals surface area contributed by atoms with E-state index in [1.807, 2.05) is 59.5 Å². The lowest BCUT2D eigenvalue weighted by atomic mass is 10.0. The average molecular weight is 431 g/mol. The number of nitrogens with zero attached hydrogens (tertiary/aromatic N) is 1. The lowest BCUT2D eigenvalue weighted by Gasteiger charge is -2.32. The topological polar surface area (TPSA) is 49.4 Å². The Morgan fingerprint density at radius 1 is 1.03 bits per heavy atom. The van der Waals surface area contributed by atoms with Crippen molar-refractivity contribution in [1.29, 1.82) is 0 Å². The molecule has 1 aliphatic rings. The molecule has 1 aliphatic heterocycles. The fourth-order valence-electron chi connectivity index (χ4n) is 3.95. The van der Waals surface area contributed by atoms with Crippen LogP contribution in [-0.2, 0) is 22.6 Å². The predicted molar refractivity (Wildman–Crippen MR) is 126 cm³/mol. The van der Waals surface area contributed by atoms with Gasteiger partial charge in [0.05, 0.1) is 11.3 Å². The minimum Gasteiger partial charge on any atom is -0.331 e. The Kier molecular flexibility index (Phi) is 6.42. The maximum atomic E-state index is 13.7. The van der Waals surface area contributed by atoms with E-state index in [9.17, 15) is 9.59 Å². The van der Waals surface area contributed by atoms with Crippen LogP contribution < -0.4 is 5.32 Å². The van der Waals surface area contributed by atoms with Crippen LogP contribution in [0.25, 0.3) is 0 Å². The first-order chi connectivity index (χ1) is 15.0. The summed E-state index contributed by atoms with van der Waals surface area (Å²) in [6.07, 6.45) is 0.754. The molecule has 2 amide bonds. The molecule has 0 radical (unpaired) electrons. The lowest BCUT2D eigenvalue weighted by molar-refractivity contribution is -0.133. The summed E-state index contributed by atoms with van der Waals surface area (Å²) in [5.74, 6) is 0.0321. The van der Waals surface area contributed by atoms with Crippen molar-refractivity contribution in [2.75, 3.05) is 5.32 Å². The number of hydrogen-bond acceptors (Lipinski definition) is 3. The van der Waals surface area contributed by atoms with Gasteiger partial charge in [0, 0.05) is 24.1 Å². The summed E-state index contributed by atoms with van der Waals surface area (Å²) in [6, 6.07) is 26.0. The van der Waals surface area contributed by atoms with Gasteiger partial charge in [0.25, 0.3) is 0 Å². The molecule has 0 saturated heterocycles. The zero-order chi connectivity index (χ0) is 21.8. The van der Waals surface area contributed by atoms with E-state index in [4.69, 9.17) is 0 Å². The van der Waals surface area contributed by atoms with E-state index in [2.05, 4.69) is 36.5 Å². The first kappa shape index (κ1) is 21.2. The predicted octanol–water partition coefficient (Wildman–Crippen LogP) is 5.45. The second-order valence-electron chi connectivity index (χ2n) is 7.85. The van der Waals surface area contributed by atoms with E-state index in [1.165, 1.54) is 17.4 Å². The van der Waals surface area contributed by atoms with Gasteiger partial charge in [0.15, 0.2) is 0 Å². The highest BCUT2D eigenvalue weighted by Gasteiger charge is 2.33. The Hall–Kier alpha value is -3.05. The number of hydrogen-bond donors (Lipinski definition) is 1. The van der Waals surface area contributed by atoms with E-state index in [1.54, 1.807) is 11.8 Å². The third-order valence-electron chi connectivity index (χ3n) is 5.56. The highest BCUT2D eigenvalue weighted by atomic mass is 32.2. The maximum Gasteiger partial charge on any atom is 0.237 e. The van der Waals surface area contributed by atoms with Crippen LogP contribution in [0.3, 0.4) is 0 Å². The third kappa shape index (κ3) is 5.00. The Balaban J connectivity index is 1.61.